The van der Waals surface area contributed by atoms with Crippen molar-refractivity contribution >= 4 is 26.9 Å². The molecule has 1 amide bonds. The summed E-state index contributed by atoms with van der Waals surface area (Å²) in [5, 5.41) is 3.53. The lowest BCUT2D eigenvalue weighted by atomic mass is 10.0. The van der Waals surface area contributed by atoms with Crippen LogP contribution in [-0.4, -0.2) is 37.3 Å². The molecule has 0 spiro atoms. The molecule has 7 heteroatoms. The van der Waals surface area contributed by atoms with Crippen molar-refractivity contribution in [2.24, 2.45) is 5.92 Å². The van der Waals surface area contributed by atoms with Crippen molar-refractivity contribution in [1.29, 1.82) is 0 Å². The lowest BCUT2D eigenvalue weighted by Crippen LogP contribution is -2.40. The van der Waals surface area contributed by atoms with Crippen LogP contribution in [0.4, 0.5) is 0 Å². The minimum Gasteiger partial charge on any atom is -0.451 e. The third-order valence-electron chi connectivity index (χ3n) is 4.86. The van der Waals surface area contributed by atoms with Crippen LogP contribution in [0.15, 0.2) is 27.5 Å². The Morgan fingerprint density at radius 3 is 2.63 bits per heavy atom. The number of nitrogens with one attached hydrogen (secondary N) is 1. The van der Waals surface area contributed by atoms with Crippen molar-refractivity contribution in [1.82, 2.24) is 9.62 Å². The molecule has 3 rings (SSSR count). The molecule has 2 aromatic rings. The van der Waals surface area contributed by atoms with E-state index in [1.54, 1.807) is 29.4 Å². The van der Waals surface area contributed by atoms with E-state index in [2.05, 4.69) is 12.2 Å². The zero-order valence-electron chi connectivity index (χ0n) is 16.6. The van der Waals surface area contributed by atoms with Gasteiger partial charge in [0.25, 0.3) is 5.91 Å². The summed E-state index contributed by atoms with van der Waals surface area (Å²) in [5.74, 6) is 0.284. The monoisotopic (exact) mass is 392 g/mol. The maximum absolute atomic E-state index is 13.0. The summed E-state index contributed by atoms with van der Waals surface area (Å²) in [6, 6.07) is 4.82. The molecular weight excluding hydrogens is 364 g/mol. The molecule has 1 aromatic heterocycles. The van der Waals surface area contributed by atoms with Gasteiger partial charge < -0.3 is 9.73 Å². The van der Waals surface area contributed by atoms with E-state index in [0.29, 0.717) is 35.5 Å². The van der Waals surface area contributed by atoms with E-state index in [-0.39, 0.29) is 22.1 Å². The number of fused-ring (bicyclic) bond motifs is 1. The number of hydrogen-bond acceptors (Lipinski definition) is 4. The lowest BCUT2D eigenvalue weighted by molar-refractivity contribution is 0.0892. The van der Waals surface area contributed by atoms with Crippen LogP contribution in [0.3, 0.4) is 0 Å². The first-order valence-corrected chi connectivity index (χ1v) is 10.8. The molecule has 1 saturated heterocycles. The highest BCUT2D eigenvalue weighted by molar-refractivity contribution is 7.89. The van der Waals surface area contributed by atoms with E-state index in [1.165, 1.54) is 0 Å². The third kappa shape index (κ3) is 4.04. The molecule has 2 heterocycles. The van der Waals surface area contributed by atoms with Gasteiger partial charge in [0.1, 0.15) is 5.58 Å². The Balaban J connectivity index is 1.98. The molecule has 0 aliphatic carbocycles. The minimum atomic E-state index is -3.55. The predicted octanol–water partition coefficient (Wildman–Crippen LogP) is 3.69. The van der Waals surface area contributed by atoms with E-state index >= 15 is 0 Å². The van der Waals surface area contributed by atoms with Crippen LogP contribution >= 0.6 is 0 Å². The van der Waals surface area contributed by atoms with Crippen molar-refractivity contribution in [2.45, 2.75) is 57.9 Å². The highest BCUT2D eigenvalue weighted by Crippen LogP contribution is 2.30. The molecule has 1 fully saturated rings. The van der Waals surface area contributed by atoms with Crippen LogP contribution in [0, 0.1) is 12.8 Å². The van der Waals surface area contributed by atoms with Gasteiger partial charge >= 0.3 is 0 Å². The average molecular weight is 393 g/mol. The third-order valence-corrected chi connectivity index (χ3v) is 6.72. The van der Waals surface area contributed by atoms with E-state index in [0.717, 1.165) is 12.8 Å². The van der Waals surface area contributed by atoms with Gasteiger partial charge in [-0.1, -0.05) is 6.92 Å². The number of benzene rings is 1. The van der Waals surface area contributed by atoms with E-state index in [4.69, 9.17) is 4.42 Å². The van der Waals surface area contributed by atoms with Crippen LogP contribution in [0.1, 0.15) is 56.7 Å². The van der Waals surface area contributed by atoms with Gasteiger partial charge in [-0.15, -0.1) is 0 Å². The maximum Gasteiger partial charge on any atom is 0.287 e. The molecule has 1 unspecified atom stereocenters. The molecule has 1 N–H and O–H groups in total. The molecule has 1 aliphatic heterocycles. The highest BCUT2D eigenvalue weighted by Gasteiger charge is 2.30. The number of piperidine rings is 1. The fourth-order valence-corrected chi connectivity index (χ4v) is 5.11. The quantitative estimate of drug-likeness (QED) is 0.864. The van der Waals surface area contributed by atoms with E-state index in [9.17, 15) is 13.2 Å². The van der Waals surface area contributed by atoms with Crippen molar-refractivity contribution in [3.05, 3.63) is 29.5 Å². The van der Waals surface area contributed by atoms with Crippen LogP contribution in [0.2, 0.25) is 0 Å². The number of amides is 1. The van der Waals surface area contributed by atoms with Gasteiger partial charge in [0.2, 0.25) is 10.0 Å². The summed E-state index contributed by atoms with van der Waals surface area (Å²) in [5.41, 5.74) is 0.774. The number of sulfonamides is 1. The smallest absolute Gasteiger partial charge is 0.287 e. The Labute approximate surface area is 161 Å². The highest BCUT2D eigenvalue weighted by atomic mass is 32.2. The van der Waals surface area contributed by atoms with E-state index < -0.39 is 10.0 Å². The Kier molecular flexibility index (Phi) is 5.12. The molecule has 0 bridgehead atoms. The molecule has 1 aromatic carbocycles. The number of hydrogen-bond donors (Lipinski definition) is 1. The summed E-state index contributed by atoms with van der Waals surface area (Å²) in [4.78, 5) is 12.7. The first-order valence-electron chi connectivity index (χ1n) is 9.35. The Morgan fingerprint density at radius 1 is 1.30 bits per heavy atom. The number of aryl methyl sites for hydroxylation is 1. The number of nitrogens with zero attached hydrogens (tertiary/aromatic N) is 1. The largest absolute Gasteiger partial charge is 0.451 e. The van der Waals surface area contributed by atoms with Crippen LogP contribution in [0.25, 0.3) is 11.0 Å². The standard InChI is InChI=1S/C20H28N2O4S/c1-13-7-6-10-22(12-13)27(24,25)15-8-9-17-16(11-15)14(2)18(26-17)19(23)21-20(3,4)5/h8-9,11,13H,6-7,10,12H2,1-5H3,(H,21,23). The van der Waals surface area contributed by atoms with Gasteiger partial charge in [0.15, 0.2) is 5.76 Å². The Morgan fingerprint density at radius 2 is 2.00 bits per heavy atom. The second kappa shape index (κ2) is 6.95. The topological polar surface area (TPSA) is 79.6 Å². The maximum atomic E-state index is 13.0. The fraction of sp³-hybridized carbons (Fsp3) is 0.550. The summed E-state index contributed by atoms with van der Waals surface area (Å²) >= 11 is 0. The summed E-state index contributed by atoms with van der Waals surface area (Å²) in [6.07, 6.45) is 1.93. The van der Waals surface area contributed by atoms with Crippen LogP contribution in [0.5, 0.6) is 0 Å². The van der Waals surface area contributed by atoms with Gasteiger partial charge in [-0.25, -0.2) is 8.42 Å². The van der Waals surface area contributed by atoms with Gasteiger partial charge in [-0.05, 0) is 64.7 Å². The first-order chi connectivity index (χ1) is 12.5. The Bertz CT molecular complexity index is 970. The number of carbonyl (C=O) groups excluding carboxylic acids is 1. The van der Waals surface area contributed by atoms with E-state index in [1.807, 2.05) is 20.8 Å². The summed E-state index contributed by atoms with van der Waals surface area (Å²) < 4.78 is 33.3. The van der Waals surface area contributed by atoms with Crippen molar-refractivity contribution < 1.29 is 17.6 Å². The zero-order chi connectivity index (χ0) is 20.0. The van der Waals surface area contributed by atoms with Gasteiger partial charge in [0.05, 0.1) is 4.90 Å². The number of rotatable bonds is 3. The van der Waals surface area contributed by atoms with Crippen LogP contribution < -0.4 is 5.32 Å². The Hall–Kier alpha value is -1.86. The first kappa shape index (κ1) is 19.9. The lowest BCUT2D eigenvalue weighted by Gasteiger charge is -2.30. The van der Waals surface area contributed by atoms with Crippen molar-refractivity contribution in [3.8, 4) is 0 Å². The molecule has 6 nitrogen and oxygen atoms in total. The number of carbonyl (C=O) groups is 1. The normalized spacial score (nSPS) is 19.4. The molecule has 0 saturated carbocycles. The summed E-state index contributed by atoms with van der Waals surface area (Å²) in [6.45, 7) is 10.6. The molecule has 1 aliphatic rings. The zero-order valence-corrected chi connectivity index (χ0v) is 17.4. The minimum absolute atomic E-state index is 0.223. The van der Waals surface area contributed by atoms with Crippen LogP contribution in [-0.2, 0) is 10.0 Å². The molecular formula is C20H28N2O4S. The molecule has 1 atom stereocenters. The second-order valence-corrected chi connectivity index (χ2v) is 10.5. The molecule has 148 valence electrons. The fourth-order valence-electron chi connectivity index (χ4n) is 3.49. The average Bonchev–Trinajstić information content (AvgIpc) is 2.90. The number of furan rings is 1. The van der Waals surface area contributed by atoms with Gasteiger partial charge in [-0.3, -0.25) is 4.79 Å². The second-order valence-electron chi connectivity index (χ2n) is 8.53. The van der Waals surface area contributed by atoms with Gasteiger partial charge in [0, 0.05) is 29.6 Å². The molecule has 0 radical (unpaired) electrons. The predicted molar refractivity (Wildman–Crippen MR) is 105 cm³/mol. The molecule has 27 heavy (non-hydrogen) atoms. The SMILES string of the molecule is Cc1c(C(=O)NC(C)(C)C)oc2ccc(S(=O)(=O)N3CCCC(C)C3)cc12. The van der Waals surface area contributed by atoms with Crippen molar-refractivity contribution in [3.63, 3.8) is 0 Å². The van der Waals surface area contributed by atoms with Crippen molar-refractivity contribution in [2.75, 3.05) is 13.1 Å². The summed E-state index contributed by atoms with van der Waals surface area (Å²) in [7, 11) is -3.55. The van der Waals surface area contributed by atoms with Gasteiger partial charge in [-0.2, -0.15) is 4.31 Å².